The first-order valence-electron chi connectivity index (χ1n) is 9.40. The second kappa shape index (κ2) is 8.22. The summed E-state index contributed by atoms with van der Waals surface area (Å²) in [5.74, 6) is 1.10. The Balaban J connectivity index is 1.36. The molecule has 6 nitrogen and oxygen atoms in total. The van der Waals surface area contributed by atoms with Gasteiger partial charge in [-0.2, -0.15) is 13.2 Å². The Labute approximate surface area is 175 Å². The fourth-order valence-corrected chi connectivity index (χ4v) is 3.72. The molecule has 0 N–H and O–H groups in total. The van der Waals surface area contributed by atoms with Crippen molar-refractivity contribution >= 4 is 23.4 Å². The normalized spacial score (nSPS) is 17.0. The number of fused-ring (bicyclic) bond motifs is 1. The number of piperidine rings is 1. The molecule has 30 heavy (non-hydrogen) atoms. The quantitative estimate of drug-likeness (QED) is 0.520. The van der Waals surface area contributed by atoms with Crippen molar-refractivity contribution in [3.05, 3.63) is 41.0 Å². The van der Waals surface area contributed by atoms with Gasteiger partial charge in [-0.25, -0.2) is 4.98 Å². The Kier molecular flexibility index (Phi) is 5.64. The number of esters is 1. The average molecular weight is 443 g/mol. The second-order valence-corrected chi connectivity index (χ2v) is 7.42. The SMILES string of the molecule is O=C(Oc1ccc2c(c1)OCCO2)C1CCN(c2ncc(C(F)(F)F)cc2Cl)CC1. The van der Waals surface area contributed by atoms with E-state index in [2.05, 4.69) is 4.98 Å². The summed E-state index contributed by atoms with van der Waals surface area (Å²) >= 11 is 6.02. The molecule has 0 radical (unpaired) electrons. The third-order valence-corrected chi connectivity index (χ3v) is 5.29. The fraction of sp³-hybridized carbons (Fsp3) is 0.400. The number of nitrogens with zero attached hydrogens (tertiary/aromatic N) is 2. The molecule has 0 bridgehead atoms. The number of carbonyl (C=O) groups excluding carboxylic acids is 1. The van der Waals surface area contributed by atoms with Crippen LogP contribution in [0.4, 0.5) is 19.0 Å². The summed E-state index contributed by atoms with van der Waals surface area (Å²) in [7, 11) is 0. The van der Waals surface area contributed by atoms with Gasteiger partial charge >= 0.3 is 12.1 Å². The van der Waals surface area contributed by atoms with Crippen LogP contribution in [0.3, 0.4) is 0 Å². The van der Waals surface area contributed by atoms with E-state index in [-0.39, 0.29) is 22.7 Å². The minimum Gasteiger partial charge on any atom is -0.486 e. The Morgan fingerprint density at radius 2 is 1.83 bits per heavy atom. The van der Waals surface area contributed by atoms with Crippen LogP contribution in [0.5, 0.6) is 17.2 Å². The molecule has 2 aliphatic rings. The van der Waals surface area contributed by atoms with E-state index in [1.54, 1.807) is 23.1 Å². The van der Waals surface area contributed by atoms with Crippen molar-refractivity contribution in [3.8, 4) is 17.2 Å². The lowest BCUT2D eigenvalue weighted by Gasteiger charge is -2.32. The summed E-state index contributed by atoms with van der Waals surface area (Å²) < 4.78 is 54.7. The number of anilines is 1. The van der Waals surface area contributed by atoms with Crippen molar-refractivity contribution in [1.29, 1.82) is 0 Å². The van der Waals surface area contributed by atoms with Crippen LogP contribution in [0.25, 0.3) is 0 Å². The predicted molar refractivity (Wildman–Crippen MR) is 102 cm³/mol. The number of alkyl halides is 3. The van der Waals surface area contributed by atoms with E-state index >= 15 is 0 Å². The third kappa shape index (κ3) is 4.40. The molecule has 2 aromatic rings. The zero-order valence-electron chi connectivity index (χ0n) is 15.7. The molecule has 4 rings (SSSR count). The zero-order valence-corrected chi connectivity index (χ0v) is 16.5. The number of ether oxygens (including phenoxy) is 3. The number of benzene rings is 1. The molecule has 0 aliphatic carbocycles. The smallest absolute Gasteiger partial charge is 0.417 e. The lowest BCUT2D eigenvalue weighted by molar-refractivity contribution is -0.140. The Hall–Kier alpha value is -2.68. The molecule has 3 heterocycles. The Morgan fingerprint density at radius 1 is 1.13 bits per heavy atom. The number of halogens is 4. The van der Waals surface area contributed by atoms with Gasteiger partial charge in [-0.05, 0) is 31.0 Å². The van der Waals surface area contributed by atoms with Gasteiger partial charge in [0.05, 0.1) is 16.5 Å². The largest absolute Gasteiger partial charge is 0.486 e. The maximum absolute atomic E-state index is 12.8. The minimum atomic E-state index is -4.50. The summed E-state index contributed by atoms with van der Waals surface area (Å²) in [5, 5.41) is -0.0675. The standard InChI is InChI=1S/C20H18ClF3N2O4/c21-15-9-13(20(22,23)24)11-25-18(15)26-5-3-12(4-6-26)19(27)30-14-1-2-16-17(10-14)29-8-7-28-16/h1-2,9-12H,3-8H2. The van der Waals surface area contributed by atoms with E-state index in [9.17, 15) is 18.0 Å². The number of hydrogen-bond donors (Lipinski definition) is 0. The van der Waals surface area contributed by atoms with E-state index in [0.717, 1.165) is 12.3 Å². The fourth-order valence-electron chi connectivity index (χ4n) is 3.43. The first-order chi connectivity index (χ1) is 14.3. The van der Waals surface area contributed by atoms with Crippen LogP contribution in [-0.2, 0) is 11.0 Å². The van der Waals surface area contributed by atoms with Gasteiger partial charge in [-0.1, -0.05) is 11.6 Å². The lowest BCUT2D eigenvalue weighted by Crippen LogP contribution is -2.38. The van der Waals surface area contributed by atoms with Gasteiger partial charge in [0.25, 0.3) is 0 Å². The molecule has 1 fully saturated rings. The van der Waals surface area contributed by atoms with Gasteiger partial charge in [0.15, 0.2) is 11.5 Å². The van der Waals surface area contributed by atoms with Crippen molar-refractivity contribution in [2.75, 3.05) is 31.2 Å². The molecule has 0 saturated carbocycles. The van der Waals surface area contributed by atoms with Crippen molar-refractivity contribution in [2.45, 2.75) is 19.0 Å². The molecule has 0 atom stereocenters. The Morgan fingerprint density at radius 3 is 2.50 bits per heavy atom. The van der Waals surface area contributed by atoms with Gasteiger partial charge in [0, 0.05) is 25.4 Å². The minimum absolute atomic E-state index is 0.0675. The molecule has 1 saturated heterocycles. The summed E-state index contributed by atoms with van der Waals surface area (Å²) in [6.45, 7) is 1.77. The summed E-state index contributed by atoms with van der Waals surface area (Å²) in [5.41, 5.74) is -0.894. The molecule has 1 aromatic heterocycles. The first kappa shape index (κ1) is 20.6. The highest BCUT2D eigenvalue weighted by atomic mass is 35.5. The highest BCUT2D eigenvalue weighted by Gasteiger charge is 2.33. The third-order valence-electron chi connectivity index (χ3n) is 5.01. The molecule has 0 amide bonds. The van der Waals surface area contributed by atoms with Crippen LogP contribution < -0.4 is 19.1 Å². The van der Waals surface area contributed by atoms with E-state index in [1.165, 1.54) is 0 Å². The molecule has 0 unspecified atom stereocenters. The highest BCUT2D eigenvalue weighted by Crippen LogP contribution is 2.36. The van der Waals surface area contributed by atoms with Crippen molar-refractivity contribution in [3.63, 3.8) is 0 Å². The van der Waals surface area contributed by atoms with Crippen molar-refractivity contribution in [1.82, 2.24) is 4.98 Å². The zero-order chi connectivity index (χ0) is 21.3. The van der Waals surface area contributed by atoms with Gasteiger partial charge in [0.1, 0.15) is 24.8 Å². The first-order valence-corrected chi connectivity index (χ1v) is 9.78. The molecule has 0 spiro atoms. The van der Waals surface area contributed by atoms with Crippen molar-refractivity contribution < 1.29 is 32.2 Å². The van der Waals surface area contributed by atoms with Crippen LogP contribution in [0.1, 0.15) is 18.4 Å². The van der Waals surface area contributed by atoms with Crippen LogP contribution in [0.15, 0.2) is 30.5 Å². The number of carbonyl (C=O) groups is 1. The molecule has 2 aliphatic heterocycles. The van der Waals surface area contributed by atoms with Gasteiger partial charge in [0.2, 0.25) is 0 Å². The van der Waals surface area contributed by atoms with Crippen molar-refractivity contribution in [2.24, 2.45) is 5.92 Å². The summed E-state index contributed by atoms with van der Waals surface area (Å²) in [6, 6.07) is 5.82. The molecule has 160 valence electrons. The molecular formula is C20H18ClF3N2O4. The highest BCUT2D eigenvalue weighted by molar-refractivity contribution is 6.33. The van der Waals surface area contributed by atoms with Crippen LogP contribution in [-0.4, -0.2) is 37.3 Å². The second-order valence-electron chi connectivity index (χ2n) is 7.02. The average Bonchev–Trinajstić information content (AvgIpc) is 2.73. The van der Waals surface area contributed by atoms with Gasteiger partial charge in [-0.3, -0.25) is 4.79 Å². The number of pyridine rings is 1. The Bertz CT molecular complexity index is 946. The van der Waals surface area contributed by atoms with Crippen LogP contribution >= 0.6 is 11.6 Å². The van der Waals surface area contributed by atoms with Gasteiger partial charge < -0.3 is 19.1 Å². The van der Waals surface area contributed by atoms with E-state index in [0.29, 0.717) is 56.4 Å². The van der Waals surface area contributed by atoms with E-state index in [4.69, 9.17) is 25.8 Å². The topological polar surface area (TPSA) is 60.9 Å². The predicted octanol–water partition coefficient (Wildman–Crippen LogP) is 4.35. The number of hydrogen-bond acceptors (Lipinski definition) is 6. The molecular weight excluding hydrogens is 425 g/mol. The van der Waals surface area contributed by atoms with E-state index < -0.39 is 11.7 Å². The maximum Gasteiger partial charge on any atom is 0.417 e. The molecule has 1 aromatic carbocycles. The lowest BCUT2D eigenvalue weighted by atomic mass is 9.97. The van der Waals surface area contributed by atoms with E-state index in [1.807, 2.05) is 0 Å². The van der Waals surface area contributed by atoms with Crippen LogP contribution in [0.2, 0.25) is 5.02 Å². The summed E-state index contributed by atoms with van der Waals surface area (Å²) in [4.78, 5) is 18.2. The summed E-state index contributed by atoms with van der Waals surface area (Å²) in [6.07, 6.45) is -2.78. The number of aromatic nitrogens is 1. The molecule has 10 heteroatoms. The number of rotatable bonds is 3. The maximum atomic E-state index is 12.8. The van der Waals surface area contributed by atoms with Crippen LogP contribution in [0, 0.1) is 5.92 Å². The van der Waals surface area contributed by atoms with Gasteiger partial charge in [-0.15, -0.1) is 0 Å². The monoisotopic (exact) mass is 442 g/mol.